The molecule has 0 aromatic heterocycles. The molecule has 124 valence electrons. The maximum Gasteiger partial charge on any atom is 0.132 e. The molecule has 0 aliphatic heterocycles. The van der Waals surface area contributed by atoms with Gasteiger partial charge >= 0.3 is 0 Å². The number of unbranched alkanes of at least 4 members (excludes halogenated alkanes) is 11. The molecule has 0 N–H and O–H groups in total. The molecule has 0 spiro atoms. The number of carbonyl (C=O) groups is 1. The minimum Gasteiger partial charge on any atom is -0.300 e. The summed E-state index contributed by atoms with van der Waals surface area (Å²) in [6, 6.07) is 0. The second-order valence-corrected chi connectivity index (χ2v) is 7.16. The van der Waals surface area contributed by atoms with Gasteiger partial charge in [0.1, 0.15) is 5.78 Å². The van der Waals surface area contributed by atoms with E-state index >= 15 is 0 Å². The lowest BCUT2D eigenvalue weighted by atomic mass is 9.85. The first-order valence-corrected chi connectivity index (χ1v) is 9.84. The molecule has 0 amide bonds. The minimum absolute atomic E-state index is 0.501. The molecule has 1 rings (SSSR count). The summed E-state index contributed by atoms with van der Waals surface area (Å²) in [5, 5.41) is 0. The summed E-state index contributed by atoms with van der Waals surface area (Å²) >= 11 is 0. The van der Waals surface area contributed by atoms with Gasteiger partial charge in [-0.2, -0.15) is 0 Å². The van der Waals surface area contributed by atoms with Gasteiger partial charge in [-0.1, -0.05) is 90.4 Å². The van der Waals surface area contributed by atoms with Crippen LogP contribution in [0.4, 0.5) is 0 Å². The number of hydrogen-bond donors (Lipinski definition) is 0. The lowest BCUT2D eigenvalue weighted by Gasteiger charge is -2.20. The highest BCUT2D eigenvalue weighted by atomic mass is 16.1. The van der Waals surface area contributed by atoms with Crippen molar-refractivity contribution in [2.75, 3.05) is 0 Å². The van der Waals surface area contributed by atoms with Gasteiger partial charge in [-0.25, -0.2) is 0 Å². The van der Waals surface area contributed by atoms with Crippen molar-refractivity contribution in [1.82, 2.24) is 0 Å². The normalized spacial score (nSPS) is 16.5. The molecule has 0 unspecified atom stereocenters. The second kappa shape index (κ2) is 13.3. The van der Waals surface area contributed by atoms with Crippen LogP contribution >= 0.6 is 0 Å². The molecule has 1 nitrogen and oxygen atoms in total. The Morgan fingerprint density at radius 2 is 1.14 bits per heavy atom. The first-order chi connectivity index (χ1) is 10.3. The molecule has 0 radical (unpaired) electrons. The van der Waals surface area contributed by atoms with Gasteiger partial charge in [-0.05, 0) is 18.8 Å². The van der Waals surface area contributed by atoms with E-state index < -0.39 is 0 Å². The van der Waals surface area contributed by atoms with Crippen LogP contribution in [0.3, 0.4) is 0 Å². The van der Waals surface area contributed by atoms with Gasteiger partial charge in [0.2, 0.25) is 0 Å². The fourth-order valence-corrected chi connectivity index (χ4v) is 3.56. The van der Waals surface area contributed by atoms with Gasteiger partial charge in [0.15, 0.2) is 0 Å². The molecule has 0 heterocycles. The highest BCUT2D eigenvalue weighted by molar-refractivity contribution is 5.78. The third-order valence-corrected chi connectivity index (χ3v) is 5.13. The molecule has 1 fully saturated rings. The lowest BCUT2D eigenvalue weighted by molar-refractivity contribution is -0.121. The molecule has 1 aliphatic rings. The molecule has 1 aliphatic carbocycles. The average Bonchev–Trinajstić information content (AvgIpc) is 2.50. The number of Topliss-reactive ketones (excluding diaryl/α,β-unsaturated/α-hetero) is 1. The Morgan fingerprint density at radius 1 is 0.714 bits per heavy atom. The van der Waals surface area contributed by atoms with E-state index in [9.17, 15) is 4.79 Å². The number of hydrogen-bond acceptors (Lipinski definition) is 1. The highest BCUT2D eigenvalue weighted by Crippen LogP contribution is 2.26. The van der Waals surface area contributed by atoms with E-state index in [4.69, 9.17) is 0 Å². The Labute approximate surface area is 133 Å². The number of carbonyl (C=O) groups excluding carboxylic acids is 1. The van der Waals surface area contributed by atoms with Crippen molar-refractivity contribution < 1.29 is 4.79 Å². The Kier molecular flexibility index (Phi) is 11.9. The van der Waals surface area contributed by atoms with Gasteiger partial charge in [0.05, 0.1) is 0 Å². The topological polar surface area (TPSA) is 17.1 Å². The first kappa shape index (κ1) is 18.7. The van der Waals surface area contributed by atoms with Crippen LogP contribution in [0.2, 0.25) is 0 Å². The van der Waals surface area contributed by atoms with Crippen LogP contribution in [0.1, 0.15) is 116 Å². The van der Waals surface area contributed by atoms with Crippen molar-refractivity contribution in [1.29, 1.82) is 0 Å². The largest absolute Gasteiger partial charge is 0.300 e. The number of ketones is 1. The second-order valence-electron chi connectivity index (χ2n) is 7.16. The van der Waals surface area contributed by atoms with Crippen LogP contribution in [0.5, 0.6) is 0 Å². The van der Waals surface area contributed by atoms with Crippen molar-refractivity contribution >= 4 is 5.78 Å². The summed E-state index contributed by atoms with van der Waals surface area (Å²) in [4.78, 5) is 11.2. The summed E-state index contributed by atoms with van der Waals surface area (Å²) in [5.74, 6) is 1.37. The van der Waals surface area contributed by atoms with Crippen molar-refractivity contribution in [3.05, 3.63) is 0 Å². The van der Waals surface area contributed by atoms with Crippen LogP contribution < -0.4 is 0 Å². The number of rotatable bonds is 13. The Hall–Kier alpha value is -0.330. The maximum absolute atomic E-state index is 11.2. The van der Waals surface area contributed by atoms with Crippen molar-refractivity contribution in [2.24, 2.45) is 5.92 Å². The third kappa shape index (κ3) is 11.0. The molecule has 0 atom stereocenters. The van der Waals surface area contributed by atoms with E-state index in [0.717, 1.165) is 18.8 Å². The zero-order valence-electron chi connectivity index (χ0n) is 14.5. The SMILES string of the molecule is CCCCCCCCCCCCCCC1CCC(=O)CC1. The molecule has 0 aromatic carbocycles. The predicted octanol–water partition coefficient (Wildman–Crippen LogP) is 6.84. The molecular formula is C20H38O. The standard InChI is InChI=1S/C20H38O/c1-2-3-4-5-6-7-8-9-10-11-12-13-14-19-15-17-20(21)18-16-19/h19H,2-18H2,1H3. The van der Waals surface area contributed by atoms with E-state index in [2.05, 4.69) is 6.92 Å². The van der Waals surface area contributed by atoms with Gasteiger partial charge in [0.25, 0.3) is 0 Å². The molecule has 1 saturated carbocycles. The minimum atomic E-state index is 0.501. The fourth-order valence-electron chi connectivity index (χ4n) is 3.56. The maximum atomic E-state index is 11.2. The quantitative estimate of drug-likeness (QED) is 0.340. The summed E-state index contributed by atoms with van der Waals surface area (Å²) in [6.07, 6.45) is 22.7. The summed E-state index contributed by atoms with van der Waals surface area (Å²) in [5.41, 5.74) is 0. The molecular weight excluding hydrogens is 256 g/mol. The lowest BCUT2D eigenvalue weighted by Crippen LogP contribution is -2.13. The van der Waals surface area contributed by atoms with Gasteiger partial charge in [-0.3, -0.25) is 4.79 Å². The first-order valence-electron chi connectivity index (χ1n) is 9.84. The Morgan fingerprint density at radius 3 is 1.62 bits per heavy atom. The van der Waals surface area contributed by atoms with Crippen LogP contribution in [0.15, 0.2) is 0 Å². The fraction of sp³-hybridized carbons (Fsp3) is 0.950. The van der Waals surface area contributed by atoms with Crippen molar-refractivity contribution in [3.8, 4) is 0 Å². The van der Waals surface area contributed by atoms with E-state index in [-0.39, 0.29) is 0 Å². The third-order valence-electron chi connectivity index (χ3n) is 5.13. The van der Waals surface area contributed by atoms with E-state index in [1.165, 1.54) is 96.3 Å². The molecule has 1 heteroatoms. The van der Waals surface area contributed by atoms with E-state index in [1.807, 2.05) is 0 Å². The van der Waals surface area contributed by atoms with Gasteiger partial charge < -0.3 is 0 Å². The smallest absolute Gasteiger partial charge is 0.132 e. The monoisotopic (exact) mass is 294 g/mol. The predicted molar refractivity (Wildman–Crippen MR) is 92.7 cm³/mol. The summed E-state index contributed by atoms with van der Waals surface area (Å²) in [6.45, 7) is 2.29. The van der Waals surface area contributed by atoms with Gasteiger partial charge in [-0.15, -0.1) is 0 Å². The Bertz CT molecular complexity index is 236. The Balaban J connectivity index is 1.74. The summed E-state index contributed by atoms with van der Waals surface area (Å²) < 4.78 is 0. The highest BCUT2D eigenvalue weighted by Gasteiger charge is 2.17. The van der Waals surface area contributed by atoms with Gasteiger partial charge in [0, 0.05) is 12.8 Å². The average molecular weight is 295 g/mol. The molecule has 0 aromatic rings. The van der Waals surface area contributed by atoms with E-state index in [1.54, 1.807) is 0 Å². The van der Waals surface area contributed by atoms with Crippen molar-refractivity contribution in [2.45, 2.75) is 116 Å². The van der Waals surface area contributed by atoms with Crippen LogP contribution in [-0.2, 0) is 4.79 Å². The van der Waals surface area contributed by atoms with Crippen LogP contribution in [0, 0.1) is 5.92 Å². The van der Waals surface area contributed by atoms with Crippen LogP contribution in [0.25, 0.3) is 0 Å². The zero-order chi connectivity index (χ0) is 15.2. The zero-order valence-corrected chi connectivity index (χ0v) is 14.5. The summed E-state index contributed by atoms with van der Waals surface area (Å²) in [7, 11) is 0. The van der Waals surface area contributed by atoms with Crippen molar-refractivity contribution in [3.63, 3.8) is 0 Å². The molecule has 21 heavy (non-hydrogen) atoms. The van der Waals surface area contributed by atoms with Crippen LogP contribution in [-0.4, -0.2) is 5.78 Å². The molecule has 0 saturated heterocycles. The van der Waals surface area contributed by atoms with E-state index in [0.29, 0.717) is 5.78 Å². The molecule has 0 bridgehead atoms.